The smallest absolute Gasteiger partial charge is 0.0835 e. The summed E-state index contributed by atoms with van der Waals surface area (Å²) < 4.78 is 2.62. The van der Waals surface area contributed by atoms with Crippen LogP contribution in [0.15, 0.2) is 150 Å². The highest BCUT2D eigenvalue weighted by atomic mass is 15.0. The van der Waals surface area contributed by atoms with Crippen molar-refractivity contribution < 1.29 is 0 Å². The lowest BCUT2D eigenvalue weighted by atomic mass is 9.82. The van der Waals surface area contributed by atoms with Gasteiger partial charge in [0.15, 0.2) is 0 Å². The third-order valence-corrected chi connectivity index (χ3v) is 13.0. The fraction of sp³-hybridized carbons (Fsp3) is 0.250. The fourth-order valence-corrected chi connectivity index (χ4v) is 10.3. The minimum atomic E-state index is -0.0486. The van der Waals surface area contributed by atoms with Crippen LogP contribution in [0.1, 0.15) is 105 Å². The van der Waals surface area contributed by atoms with Crippen LogP contribution in [0.3, 0.4) is 0 Å². The van der Waals surface area contributed by atoms with E-state index in [1.54, 1.807) is 0 Å². The molecule has 0 radical (unpaired) electrons. The van der Waals surface area contributed by atoms with E-state index in [0.29, 0.717) is 5.92 Å². The van der Waals surface area contributed by atoms with Gasteiger partial charge in [0, 0.05) is 39.4 Å². The van der Waals surface area contributed by atoms with Crippen LogP contribution in [-0.4, -0.2) is 10.3 Å². The Labute approximate surface area is 320 Å². The summed E-state index contributed by atoms with van der Waals surface area (Å²) in [4.78, 5) is 5.94. The standard InChI is InChI=1S/C52H48N2/c1-5-36-47(54-48-27-14-12-22-39(48)43-31-45-42(32-49(43)54)38-21-11-13-25-44(38)52(45,3)4)28-16-26-46(53-51(36)35-18-7-6-8-19-35)41-24-15-23-40-37-20-10-9-17-34(37)30-29-33(2)50(40)41/h6-9,11-15,17-19,21-25,27-33,36,51H,5,10,16,20,26H2,1-4H3/b47-28+,53-46?/t33-,36?,51?/m0/s1. The van der Waals surface area contributed by atoms with Gasteiger partial charge in [0.2, 0.25) is 0 Å². The van der Waals surface area contributed by atoms with Crippen molar-refractivity contribution in [2.75, 3.05) is 0 Å². The normalized spacial score (nSPS) is 22.4. The van der Waals surface area contributed by atoms with E-state index < -0.39 is 0 Å². The average Bonchev–Trinajstić information content (AvgIpc) is 3.57. The van der Waals surface area contributed by atoms with Crippen LogP contribution in [-0.2, 0) is 5.41 Å². The number of rotatable bonds is 4. The largest absolute Gasteiger partial charge is 0.313 e. The van der Waals surface area contributed by atoms with Gasteiger partial charge in [0.1, 0.15) is 0 Å². The van der Waals surface area contributed by atoms with E-state index >= 15 is 0 Å². The van der Waals surface area contributed by atoms with Crippen molar-refractivity contribution in [2.45, 2.75) is 77.2 Å². The summed E-state index contributed by atoms with van der Waals surface area (Å²) in [6, 6.07) is 41.2. The number of fused-ring (bicyclic) bond motifs is 8. The van der Waals surface area contributed by atoms with Crippen LogP contribution < -0.4 is 0 Å². The van der Waals surface area contributed by atoms with Crippen molar-refractivity contribution >= 4 is 38.8 Å². The fourth-order valence-electron chi connectivity index (χ4n) is 10.3. The molecule has 54 heavy (non-hydrogen) atoms. The Kier molecular flexibility index (Phi) is 7.88. The first-order valence-electron chi connectivity index (χ1n) is 20.1. The molecule has 5 aromatic carbocycles. The van der Waals surface area contributed by atoms with Crippen LogP contribution in [0.25, 0.3) is 44.2 Å². The molecule has 0 amide bonds. The van der Waals surface area contributed by atoms with Gasteiger partial charge in [-0.05, 0) is 106 Å². The summed E-state index contributed by atoms with van der Waals surface area (Å²) in [6.45, 7) is 9.50. The van der Waals surface area contributed by atoms with Crippen molar-refractivity contribution in [1.82, 2.24) is 4.57 Å². The lowest BCUT2D eigenvalue weighted by Crippen LogP contribution is -2.21. The quantitative estimate of drug-likeness (QED) is 0.174. The van der Waals surface area contributed by atoms with Gasteiger partial charge < -0.3 is 4.57 Å². The van der Waals surface area contributed by atoms with Crippen LogP contribution >= 0.6 is 0 Å². The van der Waals surface area contributed by atoms with E-state index in [1.165, 1.54) is 88.9 Å². The number of nitrogens with zero attached hydrogens (tertiary/aromatic N) is 2. The third-order valence-electron chi connectivity index (χ3n) is 13.0. The number of aromatic nitrogens is 1. The third kappa shape index (κ3) is 5.03. The molecule has 2 unspecified atom stereocenters. The zero-order valence-electron chi connectivity index (χ0n) is 31.9. The maximum atomic E-state index is 5.94. The van der Waals surface area contributed by atoms with Crippen LogP contribution in [0, 0.1) is 5.92 Å². The molecule has 1 aromatic heterocycles. The predicted molar refractivity (Wildman–Crippen MR) is 229 cm³/mol. The lowest BCUT2D eigenvalue weighted by Gasteiger charge is -2.31. The van der Waals surface area contributed by atoms with Gasteiger partial charge in [-0.1, -0.05) is 149 Å². The first-order chi connectivity index (χ1) is 26.4. The second-order valence-corrected chi connectivity index (χ2v) is 16.3. The van der Waals surface area contributed by atoms with Gasteiger partial charge in [-0.2, -0.15) is 0 Å². The molecule has 0 saturated heterocycles. The number of benzene rings is 5. The Balaban J connectivity index is 1.17. The predicted octanol–water partition coefficient (Wildman–Crippen LogP) is 13.8. The summed E-state index contributed by atoms with van der Waals surface area (Å²) in [7, 11) is 0. The van der Waals surface area contributed by atoms with Crippen molar-refractivity contribution in [3.63, 3.8) is 0 Å². The van der Waals surface area contributed by atoms with Crippen molar-refractivity contribution in [1.29, 1.82) is 0 Å². The molecule has 2 heteroatoms. The molecule has 6 aromatic rings. The molecule has 3 atom stereocenters. The van der Waals surface area contributed by atoms with Gasteiger partial charge in [0.25, 0.3) is 0 Å². The summed E-state index contributed by atoms with van der Waals surface area (Å²) in [5, 5.41) is 2.66. The molecule has 0 spiro atoms. The molecule has 0 N–H and O–H groups in total. The minimum Gasteiger partial charge on any atom is -0.313 e. The highest BCUT2D eigenvalue weighted by molar-refractivity contribution is 6.12. The monoisotopic (exact) mass is 700 g/mol. The number of hydrogen-bond donors (Lipinski definition) is 0. The average molecular weight is 701 g/mol. The Morgan fingerprint density at radius 3 is 2.35 bits per heavy atom. The highest BCUT2D eigenvalue weighted by Gasteiger charge is 2.37. The number of hydrogen-bond acceptors (Lipinski definition) is 1. The van der Waals surface area contributed by atoms with Crippen molar-refractivity contribution in [3.8, 4) is 11.1 Å². The van der Waals surface area contributed by atoms with E-state index in [-0.39, 0.29) is 17.4 Å². The summed E-state index contributed by atoms with van der Waals surface area (Å²) in [5.74, 6) is 0.483. The second kappa shape index (κ2) is 12.8. The topological polar surface area (TPSA) is 17.3 Å². The van der Waals surface area contributed by atoms with Crippen LogP contribution in [0.2, 0.25) is 0 Å². The maximum Gasteiger partial charge on any atom is 0.0835 e. The van der Waals surface area contributed by atoms with Gasteiger partial charge >= 0.3 is 0 Å². The molecular formula is C52H48N2. The van der Waals surface area contributed by atoms with E-state index in [1.807, 2.05) is 0 Å². The summed E-state index contributed by atoms with van der Waals surface area (Å²) in [6.07, 6.45) is 17.0. The van der Waals surface area contributed by atoms with Gasteiger partial charge in [-0.3, -0.25) is 4.99 Å². The van der Waals surface area contributed by atoms with Crippen LogP contribution in [0.5, 0.6) is 0 Å². The molecular weight excluding hydrogens is 653 g/mol. The number of aliphatic imine (C=N–C) groups is 1. The van der Waals surface area contributed by atoms with Gasteiger partial charge in [0.05, 0.1) is 17.1 Å². The molecule has 2 nitrogen and oxygen atoms in total. The first-order valence-corrected chi connectivity index (χ1v) is 20.1. The van der Waals surface area contributed by atoms with E-state index in [2.05, 4.69) is 172 Å². The zero-order chi connectivity index (χ0) is 36.6. The summed E-state index contributed by atoms with van der Waals surface area (Å²) >= 11 is 0. The Morgan fingerprint density at radius 2 is 1.48 bits per heavy atom. The van der Waals surface area contributed by atoms with Crippen molar-refractivity contribution in [3.05, 3.63) is 179 Å². The molecule has 3 aliphatic carbocycles. The number of allylic oxidation sites excluding steroid dienone is 7. The van der Waals surface area contributed by atoms with E-state index in [9.17, 15) is 0 Å². The summed E-state index contributed by atoms with van der Waals surface area (Å²) in [5.41, 5.74) is 19.0. The zero-order valence-corrected chi connectivity index (χ0v) is 31.9. The van der Waals surface area contributed by atoms with Crippen molar-refractivity contribution in [2.24, 2.45) is 10.9 Å². The molecule has 10 rings (SSSR count). The SMILES string of the molecule is CCC1/C(n2c3ccccc3c3cc4c(cc32)-c2ccccc2C4(C)C)=C\CCC(c2cccc3c2[C@@H](C)C=CC2=C3CCC=C2)=NC1c1ccccc1. The van der Waals surface area contributed by atoms with E-state index in [0.717, 1.165) is 32.1 Å². The highest BCUT2D eigenvalue weighted by Crippen LogP contribution is 2.52. The molecule has 0 saturated carbocycles. The van der Waals surface area contributed by atoms with E-state index in [4.69, 9.17) is 4.99 Å². The van der Waals surface area contributed by atoms with Gasteiger partial charge in [-0.25, -0.2) is 0 Å². The molecule has 2 heterocycles. The second-order valence-electron chi connectivity index (χ2n) is 16.3. The Bertz CT molecular complexity index is 2640. The Morgan fingerprint density at radius 1 is 0.704 bits per heavy atom. The maximum absolute atomic E-state index is 5.94. The molecule has 266 valence electrons. The lowest BCUT2D eigenvalue weighted by molar-refractivity contribution is 0.505. The van der Waals surface area contributed by atoms with Gasteiger partial charge in [-0.15, -0.1) is 0 Å². The molecule has 0 fully saturated rings. The van der Waals surface area contributed by atoms with Crippen LogP contribution in [0.4, 0.5) is 0 Å². The Hall–Kier alpha value is -5.47. The minimum absolute atomic E-state index is 0.0251. The number of para-hydroxylation sites is 1. The first kappa shape index (κ1) is 33.1. The molecule has 0 bridgehead atoms. The molecule has 1 aliphatic heterocycles. The molecule has 4 aliphatic rings.